The van der Waals surface area contributed by atoms with Gasteiger partial charge in [-0.15, -0.1) is 11.3 Å². The second kappa shape index (κ2) is 7.92. The lowest BCUT2D eigenvalue weighted by molar-refractivity contribution is 0.636. The molecular weight excluding hydrogens is 406 g/mol. The summed E-state index contributed by atoms with van der Waals surface area (Å²) in [4.78, 5) is 22.8. The second-order valence-electron chi connectivity index (χ2n) is 7.43. The van der Waals surface area contributed by atoms with Crippen molar-refractivity contribution in [3.05, 3.63) is 93.6 Å². The van der Waals surface area contributed by atoms with E-state index in [1.54, 1.807) is 23.7 Å². The van der Waals surface area contributed by atoms with Crippen LogP contribution in [-0.4, -0.2) is 24.3 Å². The lowest BCUT2D eigenvalue weighted by Gasteiger charge is -2.08. The average molecular weight is 428 g/mol. The summed E-state index contributed by atoms with van der Waals surface area (Å²) in [5.74, 6) is 0. The summed E-state index contributed by atoms with van der Waals surface area (Å²) < 4.78 is 4.47. The van der Waals surface area contributed by atoms with Crippen molar-refractivity contribution in [1.29, 1.82) is 0 Å². The summed E-state index contributed by atoms with van der Waals surface area (Å²) >= 11 is 1.60. The number of fused-ring (bicyclic) bond motifs is 3. The summed E-state index contributed by atoms with van der Waals surface area (Å²) in [6.07, 6.45) is 6.24. The highest BCUT2D eigenvalue weighted by Crippen LogP contribution is 2.34. The van der Waals surface area contributed by atoms with E-state index < -0.39 is 0 Å². The SMILES string of the molecule is C/C=C(\C)Cn1ncc2c3sc(Cc4ccccn4)nc3n(-c3ccccc3)c2c1=O. The number of allylic oxidation sites excluding steroid dienone is 2. The van der Waals surface area contributed by atoms with Crippen LogP contribution in [0.25, 0.3) is 26.9 Å². The molecule has 154 valence electrons. The maximum absolute atomic E-state index is 13.4. The smallest absolute Gasteiger partial charge is 0.288 e. The second-order valence-corrected chi connectivity index (χ2v) is 8.52. The molecule has 4 aromatic heterocycles. The van der Waals surface area contributed by atoms with E-state index in [2.05, 4.69) is 10.1 Å². The van der Waals surface area contributed by atoms with Crippen LogP contribution in [0.5, 0.6) is 0 Å². The normalized spacial score (nSPS) is 12.1. The molecule has 5 aromatic rings. The molecule has 6 nitrogen and oxygen atoms in total. The fourth-order valence-electron chi connectivity index (χ4n) is 3.65. The molecule has 1 aromatic carbocycles. The van der Waals surface area contributed by atoms with Gasteiger partial charge in [0.1, 0.15) is 10.5 Å². The molecule has 0 saturated carbocycles. The molecule has 0 saturated heterocycles. The van der Waals surface area contributed by atoms with Gasteiger partial charge in [-0.3, -0.25) is 14.3 Å². The van der Waals surface area contributed by atoms with E-state index in [4.69, 9.17) is 4.98 Å². The van der Waals surface area contributed by atoms with Gasteiger partial charge in [0, 0.05) is 29.4 Å². The van der Waals surface area contributed by atoms with E-state index in [0.717, 1.165) is 37.7 Å². The topological polar surface area (TPSA) is 65.6 Å². The average Bonchev–Trinajstić information content (AvgIpc) is 3.33. The van der Waals surface area contributed by atoms with Gasteiger partial charge in [-0.2, -0.15) is 5.10 Å². The minimum Gasteiger partial charge on any atom is -0.288 e. The Morgan fingerprint density at radius 2 is 1.94 bits per heavy atom. The van der Waals surface area contributed by atoms with Crippen LogP contribution in [-0.2, 0) is 13.0 Å². The van der Waals surface area contributed by atoms with Crippen molar-refractivity contribution in [2.24, 2.45) is 0 Å². The van der Waals surface area contributed by atoms with Gasteiger partial charge in [-0.25, -0.2) is 9.67 Å². The van der Waals surface area contributed by atoms with Gasteiger partial charge in [0.15, 0.2) is 5.65 Å². The predicted molar refractivity (Wildman–Crippen MR) is 125 cm³/mol. The number of benzene rings is 1. The third-order valence-electron chi connectivity index (χ3n) is 5.32. The number of hydrogen-bond donors (Lipinski definition) is 0. The summed E-state index contributed by atoms with van der Waals surface area (Å²) in [6.45, 7) is 4.43. The zero-order valence-electron chi connectivity index (χ0n) is 17.3. The Hall–Kier alpha value is -3.58. The highest BCUT2D eigenvalue weighted by Gasteiger charge is 2.21. The third kappa shape index (κ3) is 3.47. The number of pyridine rings is 1. The van der Waals surface area contributed by atoms with Crippen LogP contribution in [0.15, 0.2) is 77.4 Å². The van der Waals surface area contributed by atoms with Crippen molar-refractivity contribution in [1.82, 2.24) is 24.3 Å². The summed E-state index contributed by atoms with van der Waals surface area (Å²) in [7, 11) is 0. The first-order valence-electron chi connectivity index (χ1n) is 10.1. The van der Waals surface area contributed by atoms with Crippen molar-refractivity contribution < 1.29 is 0 Å². The first-order valence-corrected chi connectivity index (χ1v) is 10.9. The fraction of sp³-hybridized carbons (Fsp3) is 0.167. The van der Waals surface area contributed by atoms with Crippen LogP contribution >= 0.6 is 11.3 Å². The molecule has 4 heterocycles. The number of thiazole rings is 1. The molecule has 0 radical (unpaired) electrons. The molecule has 5 rings (SSSR count). The molecule has 0 atom stereocenters. The predicted octanol–water partition coefficient (Wildman–Crippen LogP) is 4.75. The lowest BCUT2D eigenvalue weighted by Crippen LogP contribution is -2.24. The largest absolute Gasteiger partial charge is 0.292 e. The van der Waals surface area contributed by atoms with Crippen LogP contribution < -0.4 is 5.56 Å². The Kier molecular flexibility index (Phi) is 4.95. The molecule has 0 fully saturated rings. The summed E-state index contributed by atoms with van der Waals surface area (Å²) in [5, 5.41) is 6.26. The zero-order valence-corrected chi connectivity index (χ0v) is 18.1. The van der Waals surface area contributed by atoms with Crippen molar-refractivity contribution in [3.63, 3.8) is 0 Å². The molecule has 0 aliphatic carbocycles. The van der Waals surface area contributed by atoms with Crippen molar-refractivity contribution in [3.8, 4) is 5.69 Å². The molecule has 7 heteroatoms. The minimum absolute atomic E-state index is 0.112. The molecule has 0 aliphatic rings. The quantitative estimate of drug-likeness (QED) is 0.380. The summed E-state index contributed by atoms with van der Waals surface area (Å²) in [6, 6.07) is 15.8. The van der Waals surface area contributed by atoms with Gasteiger partial charge in [0.25, 0.3) is 5.56 Å². The Balaban J connectivity index is 1.75. The number of rotatable bonds is 5. The highest BCUT2D eigenvalue weighted by molar-refractivity contribution is 7.19. The van der Waals surface area contributed by atoms with Crippen molar-refractivity contribution in [2.75, 3.05) is 0 Å². The van der Waals surface area contributed by atoms with Gasteiger partial charge in [-0.1, -0.05) is 35.9 Å². The van der Waals surface area contributed by atoms with Gasteiger partial charge < -0.3 is 0 Å². The van der Waals surface area contributed by atoms with E-state index in [1.807, 2.05) is 73.0 Å². The van der Waals surface area contributed by atoms with Gasteiger partial charge in [0.2, 0.25) is 0 Å². The van der Waals surface area contributed by atoms with E-state index >= 15 is 0 Å². The van der Waals surface area contributed by atoms with Crippen LogP contribution in [0, 0.1) is 0 Å². The van der Waals surface area contributed by atoms with E-state index in [9.17, 15) is 4.79 Å². The molecule has 0 N–H and O–H groups in total. The Labute approximate surface area is 183 Å². The molecule has 31 heavy (non-hydrogen) atoms. The van der Waals surface area contributed by atoms with Crippen LogP contribution in [0.1, 0.15) is 24.5 Å². The number of hydrogen-bond acceptors (Lipinski definition) is 5. The number of nitrogens with zero attached hydrogens (tertiary/aromatic N) is 5. The molecular formula is C24H21N5OS. The monoisotopic (exact) mass is 427 g/mol. The zero-order chi connectivity index (χ0) is 21.4. The molecule has 0 amide bonds. The Morgan fingerprint density at radius 1 is 1.13 bits per heavy atom. The lowest BCUT2D eigenvalue weighted by atomic mass is 10.3. The standard InChI is InChI=1S/C24H21N5OS/c1-3-16(2)15-28-24(30)21-19(14-26-28)22-23(29(21)18-10-5-4-6-11-18)27-20(31-22)13-17-9-7-8-12-25-17/h3-12,14H,13,15H2,1-2H3/b16-3+. The first kappa shape index (κ1) is 19.4. The fourth-order valence-corrected chi connectivity index (χ4v) is 4.73. The molecule has 0 bridgehead atoms. The summed E-state index contributed by atoms with van der Waals surface area (Å²) in [5.41, 5.74) is 4.26. The maximum atomic E-state index is 13.4. The first-order chi connectivity index (χ1) is 15.2. The van der Waals surface area contributed by atoms with E-state index in [-0.39, 0.29) is 5.56 Å². The van der Waals surface area contributed by atoms with Gasteiger partial charge >= 0.3 is 0 Å². The van der Waals surface area contributed by atoms with Crippen molar-refractivity contribution >= 4 is 32.6 Å². The number of para-hydroxylation sites is 1. The maximum Gasteiger partial charge on any atom is 0.292 e. The van der Waals surface area contributed by atoms with Gasteiger partial charge in [-0.05, 0) is 38.1 Å². The molecule has 0 unspecified atom stereocenters. The Bertz CT molecular complexity index is 1460. The van der Waals surface area contributed by atoms with E-state index in [0.29, 0.717) is 18.5 Å². The minimum atomic E-state index is -0.112. The molecule has 0 aliphatic heterocycles. The molecule has 0 spiro atoms. The van der Waals surface area contributed by atoms with Gasteiger partial charge in [0.05, 0.1) is 17.4 Å². The van der Waals surface area contributed by atoms with Crippen LogP contribution in [0.3, 0.4) is 0 Å². The van der Waals surface area contributed by atoms with Crippen LogP contribution in [0.2, 0.25) is 0 Å². The Morgan fingerprint density at radius 3 is 2.68 bits per heavy atom. The van der Waals surface area contributed by atoms with Crippen LogP contribution in [0.4, 0.5) is 0 Å². The number of aromatic nitrogens is 5. The highest BCUT2D eigenvalue weighted by atomic mass is 32.1. The van der Waals surface area contributed by atoms with E-state index in [1.165, 1.54) is 4.68 Å². The van der Waals surface area contributed by atoms with Crippen molar-refractivity contribution in [2.45, 2.75) is 26.8 Å². The third-order valence-corrected chi connectivity index (χ3v) is 6.39.